The third kappa shape index (κ3) is 4.24. The Kier molecular flexibility index (Phi) is 5.06. The molecule has 0 bridgehead atoms. The molecule has 1 aromatic rings. The monoisotopic (exact) mass is 342 g/mol. The lowest BCUT2D eigenvalue weighted by Gasteiger charge is -2.19. The van der Waals surface area contributed by atoms with Gasteiger partial charge in [0.25, 0.3) is 0 Å². The van der Waals surface area contributed by atoms with Crippen molar-refractivity contribution in [2.45, 2.75) is 50.7 Å². The Labute approximate surface area is 150 Å². The van der Waals surface area contributed by atoms with Crippen LogP contribution in [0.2, 0.25) is 0 Å². The maximum atomic E-state index is 4.53. The summed E-state index contributed by atoms with van der Waals surface area (Å²) in [6.45, 7) is 5.42. The van der Waals surface area contributed by atoms with Gasteiger partial charge in [-0.3, -0.25) is 9.89 Å². The lowest BCUT2D eigenvalue weighted by atomic mass is 10.2. The number of hydrogen-bond acceptors (Lipinski definition) is 4. The summed E-state index contributed by atoms with van der Waals surface area (Å²) in [4.78, 5) is 13.9. The Morgan fingerprint density at radius 1 is 1.24 bits per heavy atom. The summed E-state index contributed by atoms with van der Waals surface area (Å²) in [7, 11) is 1.85. The number of nitrogens with zero attached hydrogens (tertiary/aromatic N) is 4. The van der Waals surface area contributed by atoms with Crippen LogP contribution in [0.4, 0.5) is 5.82 Å². The van der Waals surface area contributed by atoms with Crippen LogP contribution in [0.1, 0.15) is 37.7 Å². The molecular weight excluding hydrogens is 312 g/mol. The third-order valence-electron chi connectivity index (χ3n) is 5.55. The summed E-state index contributed by atoms with van der Waals surface area (Å²) < 4.78 is 0. The van der Waals surface area contributed by atoms with Gasteiger partial charge in [-0.05, 0) is 49.8 Å². The highest BCUT2D eigenvalue weighted by atomic mass is 15.3. The van der Waals surface area contributed by atoms with E-state index in [9.17, 15) is 0 Å². The Bertz CT molecular complexity index is 606. The van der Waals surface area contributed by atoms with Crippen LogP contribution in [-0.2, 0) is 6.54 Å². The van der Waals surface area contributed by atoms with Crippen molar-refractivity contribution < 1.29 is 0 Å². The van der Waals surface area contributed by atoms with Crippen LogP contribution >= 0.6 is 0 Å². The zero-order valence-electron chi connectivity index (χ0n) is 15.2. The molecule has 2 N–H and O–H groups in total. The Hall–Kier alpha value is -1.82. The summed E-state index contributed by atoms with van der Waals surface area (Å²) in [5, 5.41) is 7.05. The first-order valence-corrected chi connectivity index (χ1v) is 9.73. The molecular formula is C19H30N6. The number of likely N-dealkylation sites (tertiary alicyclic amines) is 1. The molecule has 6 nitrogen and oxygen atoms in total. The molecule has 6 heteroatoms. The first kappa shape index (κ1) is 16.6. The van der Waals surface area contributed by atoms with Crippen LogP contribution in [-0.4, -0.2) is 61.2 Å². The van der Waals surface area contributed by atoms with E-state index in [4.69, 9.17) is 0 Å². The number of rotatable bonds is 5. The number of pyridine rings is 1. The summed E-state index contributed by atoms with van der Waals surface area (Å²) in [6.07, 6.45) is 8.47. The highest BCUT2D eigenvalue weighted by Crippen LogP contribution is 2.29. The summed E-state index contributed by atoms with van der Waals surface area (Å²) in [5.74, 6) is 2.01. The van der Waals surface area contributed by atoms with Crippen molar-refractivity contribution in [2.24, 2.45) is 4.99 Å². The smallest absolute Gasteiger partial charge is 0.191 e. The van der Waals surface area contributed by atoms with Crippen LogP contribution in [0, 0.1) is 0 Å². The first-order valence-electron chi connectivity index (χ1n) is 9.73. The van der Waals surface area contributed by atoms with E-state index in [1.807, 2.05) is 13.2 Å². The number of aromatic nitrogens is 1. The second-order valence-electron chi connectivity index (χ2n) is 7.50. The molecule has 0 amide bonds. The normalized spacial score (nSPS) is 24.8. The van der Waals surface area contributed by atoms with Crippen LogP contribution in [0.3, 0.4) is 0 Å². The van der Waals surface area contributed by atoms with Gasteiger partial charge in [0.1, 0.15) is 5.82 Å². The highest BCUT2D eigenvalue weighted by molar-refractivity contribution is 5.80. The molecule has 2 aliphatic heterocycles. The van der Waals surface area contributed by atoms with Crippen molar-refractivity contribution in [3.63, 3.8) is 0 Å². The average molecular weight is 342 g/mol. The van der Waals surface area contributed by atoms with E-state index >= 15 is 0 Å². The van der Waals surface area contributed by atoms with Crippen molar-refractivity contribution in [3.05, 3.63) is 23.9 Å². The second-order valence-corrected chi connectivity index (χ2v) is 7.50. The van der Waals surface area contributed by atoms with E-state index < -0.39 is 0 Å². The van der Waals surface area contributed by atoms with Crippen molar-refractivity contribution in [1.82, 2.24) is 20.5 Å². The SMILES string of the molecule is CN=C(NCc1ccnc(N2CCCC2)c1)NC1CCN(C2CC2)C1. The average Bonchev–Trinajstić information content (AvgIpc) is 3.16. The van der Waals surface area contributed by atoms with Gasteiger partial charge in [0.2, 0.25) is 0 Å². The summed E-state index contributed by atoms with van der Waals surface area (Å²) in [5.41, 5.74) is 1.26. The molecule has 0 aromatic carbocycles. The zero-order chi connectivity index (χ0) is 17.1. The van der Waals surface area contributed by atoms with E-state index in [0.29, 0.717) is 6.04 Å². The van der Waals surface area contributed by atoms with Crippen LogP contribution < -0.4 is 15.5 Å². The van der Waals surface area contributed by atoms with Gasteiger partial charge in [0, 0.05) is 58.1 Å². The van der Waals surface area contributed by atoms with E-state index in [1.165, 1.54) is 44.2 Å². The van der Waals surface area contributed by atoms with Crippen LogP contribution in [0.25, 0.3) is 0 Å². The quantitative estimate of drug-likeness (QED) is 0.629. The Balaban J connectivity index is 1.28. The first-order chi connectivity index (χ1) is 12.3. The third-order valence-corrected chi connectivity index (χ3v) is 5.55. The largest absolute Gasteiger partial charge is 0.357 e. The molecule has 1 atom stereocenters. The van der Waals surface area contributed by atoms with Gasteiger partial charge in [0.05, 0.1) is 0 Å². The molecule has 1 aliphatic carbocycles. The number of nitrogens with one attached hydrogen (secondary N) is 2. The minimum atomic E-state index is 0.518. The molecule has 1 aromatic heterocycles. The molecule has 3 aliphatic rings. The Morgan fingerprint density at radius 2 is 2.08 bits per heavy atom. The molecule has 3 fully saturated rings. The minimum absolute atomic E-state index is 0.518. The summed E-state index contributed by atoms with van der Waals surface area (Å²) >= 11 is 0. The Morgan fingerprint density at radius 3 is 2.84 bits per heavy atom. The van der Waals surface area contributed by atoms with E-state index in [1.54, 1.807) is 0 Å². The molecule has 25 heavy (non-hydrogen) atoms. The second kappa shape index (κ2) is 7.60. The van der Waals surface area contributed by atoms with Gasteiger partial charge in [-0.25, -0.2) is 4.98 Å². The van der Waals surface area contributed by atoms with E-state index in [0.717, 1.165) is 44.0 Å². The fourth-order valence-electron chi connectivity index (χ4n) is 3.94. The van der Waals surface area contributed by atoms with Gasteiger partial charge in [-0.2, -0.15) is 0 Å². The van der Waals surface area contributed by atoms with Gasteiger partial charge in [0.15, 0.2) is 5.96 Å². The van der Waals surface area contributed by atoms with Crippen molar-refractivity contribution in [1.29, 1.82) is 0 Å². The van der Waals surface area contributed by atoms with Crippen LogP contribution in [0.5, 0.6) is 0 Å². The predicted octanol–water partition coefficient (Wildman–Crippen LogP) is 1.58. The van der Waals surface area contributed by atoms with Crippen molar-refractivity contribution in [2.75, 3.05) is 38.1 Å². The number of hydrogen-bond donors (Lipinski definition) is 2. The van der Waals surface area contributed by atoms with Crippen molar-refractivity contribution >= 4 is 11.8 Å². The maximum absolute atomic E-state index is 4.53. The van der Waals surface area contributed by atoms with Gasteiger partial charge < -0.3 is 15.5 Å². The topological polar surface area (TPSA) is 55.8 Å². The summed E-state index contributed by atoms with van der Waals surface area (Å²) in [6, 6.07) is 5.67. The number of aliphatic imine (C=N–C) groups is 1. The lowest BCUT2D eigenvalue weighted by Crippen LogP contribution is -2.44. The highest BCUT2D eigenvalue weighted by Gasteiger charge is 2.34. The number of guanidine groups is 1. The minimum Gasteiger partial charge on any atom is -0.357 e. The van der Waals surface area contributed by atoms with Gasteiger partial charge in [-0.1, -0.05) is 0 Å². The number of anilines is 1. The molecule has 1 saturated carbocycles. The molecule has 4 rings (SSSR count). The fraction of sp³-hybridized carbons (Fsp3) is 0.684. The van der Waals surface area contributed by atoms with Gasteiger partial charge in [-0.15, -0.1) is 0 Å². The maximum Gasteiger partial charge on any atom is 0.191 e. The molecule has 0 spiro atoms. The molecule has 1 unspecified atom stereocenters. The predicted molar refractivity (Wildman–Crippen MR) is 102 cm³/mol. The van der Waals surface area contributed by atoms with E-state index in [2.05, 4.69) is 42.5 Å². The molecule has 0 radical (unpaired) electrons. The standard InChI is InChI=1S/C19H30N6/c1-20-19(23-16-7-11-25(14-16)17-4-5-17)22-13-15-6-8-21-18(12-15)24-9-2-3-10-24/h6,8,12,16-17H,2-5,7,9-11,13-14H2,1H3,(H2,20,22,23). The molecule has 136 valence electrons. The lowest BCUT2D eigenvalue weighted by molar-refractivity contribution is 0.321. The fourth-order valence-corrected chi connectivity index (χ4v) is 3.94. The van der Waals surface area contributed by atoms with Crippen molar-refractivity contribution in [3.8, 4) is 0 Å². The zero-order valence-corrected chi connectivity index (χ0v) is 15.2. The van der Waals surface area contributed by atoms with Gasteiger partial charge >= 0.3 is 0 Å². The molecule has 3 heterocycles. The van der Waals surface area contributed by atoms with Crippen LogP contribution in [0.15, 0.2) is 23.3 Å². The molecule has 2 saturated heterocycles. The van der Waals surface area contributed by atoms with E-state index in [-0.39, 0.29) is 0 Å².